The number of carbonyl (C=O) groups is 1. The minimum atomic E-state index is -0.698. The third-order valence-electron chi connectivity index (χ3n) is 4.47. The fraction of sp³-hybridized carbons (Fsp3) is 0.350. The lowest BCUT2D eigenvalue weighted by Crippen LogP contribution is -2.34. The number of amides is 1. The van der Waals surface area contributed by atoms with Gasteiger partial charge in [-0.15, -0.1) is 0 Å². The van der Waals surface area contributed by atoms with Gasteiger partial charge >= 0.3 is 0 Å². The molecular formula is C20H24N2O3. The summed E-state index contributed by atoms with van der Waals surface area (Å²) < 4.78 is 11.2. The number of rotatable bonds is 4. The molecule has 0 radical (unpaired) electrons. The van der Waals surface area contributed by atoms with Crippen molar-refractivity contribution in [2.45, 2.75) is 19.3 Å². The molecule has 5 nitrogen and oxygen atoms in total. The number of hydrogen-bond donors (Lipinski definition) is 1. The number of carbonyl (C=O) groups excluding carboxylic acids is 1. The van der Waals surface area contributed by atoms with Gasteiger partial charge in [-0.1, -0.05) is 6.07 Å². The number of nitrogens with zero attached hydrogens (tertiary/aromatic N) is 1. The zero-order valence-electron chi connectivity index (χ0n) is 15.1. The predicted octanol–water partition coefficient (Wildman–Crippen LogP) is 3.44. The molecule has 0 aliphatic carbocycles. The van der Waals surface area contributed by atoms with Crippen molar-refractivity contribution in [1.29, 1.82) is 0 Å². The van der Waals surface area contributed by atoms with Crippen LogP contribution in [-0.2, 0) is 10.2 Å². The van der Waals surface area contributed by atoms with E-state index in [1.54, 1.807) is 0 Å². The molecule has 1 amide bonds. The number of anilines is 2. The van der Waals surface area contributed by atoms with Gasteiger partial charge in [0.1, 0.15) is 13.2 Å². The van der Waals surface area contributed by atoms with Crippen LogP contribution in [0.3, 0.4) is 0 Å². The van der Waals surface area contributed by atoms with Crippen LogP contribution in [0, 0.1) is 0 Å². The van der Waals surface area contributed by atoms with Crippen molar-refractivity contribution in [3.05, 3.63) is 48.0 Å². The molecule has 0 spiro atoms. The molecule has 1 aliphatic rings. The first-order chi connectivity index (χ1) is 11.9. The highest BCUT2D eigenvalue weighted by Crippen LogP contribution is 2.35. The molecule has 0 atom stereocenters. The lowest BCUT2D eigenvalue weighted by molar-refractivity contribution is -0.120. The number of benzene rings is 2. The second-order valence-electron chi connectivity index (χ2n) is 6.88. The molecule has 1 N–H and O–H groups in total. The fourth-order valence-corrected chi connectivity index (χ4v) is 2.69. The summed E-state index contributed by atoms with van der Waals surface area (Å²) in [5, 5.41) is 3.00. The molecule has 1 heterocycles. The molecule has 3 rings (SSSR count). The maximum absolute atomic E-state index is 12.8. The lowest BCUT2D eigenvalue weighted by Gasteiger charge is -2.26. The Morgan fingerprint density at radius 1 is 1.00 bits per heavy atom. The maximum Gasteiger partial charge on any atom is 0.234 e. The van der Waals surface area contributed by atoms with Crippen molar-refractivity contribution in [3.8, 4) is 11.5 Å². The van der Waals surface area contributed by atoms with Gasteiger partial charge in [0.15, 0.2) is 11.5 Å². The second-order valence-corrected chi connectivity index (χ2v) is 6.88. The summed E-state index contributed by atoms with van der Waals surface area (Å²) in [6.07, 6.45) is 0. The van der Waals surface area contributed by atoms with E-state index in [9.17, 15) is 4.79 Å². The molecule has 0 bridgehead atoms. The van der Waals surface area contributed by atoms with E-state index in [1.165, 1.54) is 0 Å². The van der Waals surface area contributed by atoms with Gasteiger partial charge in [-0.3, -0.25) is 4.79 Å². The standard InChI is InChI=1S/C20H24N2O3/c1-20(2,14-5-10-17-18(13-14)25-12-11-24-17)19(23)21-15-6-8-16(9-7-15)22(3)4/h5-10,13H,11-12H2,1-4H3,(H,21,23). The summed E-state index contributed by atoms with van der Waals surface area (Å²) in [6.45, 7) is 4.89. The third kappa shape index (κ3) is 3.55. The molecule has 0 fully saturated rings. The molecule has 0 saturated heterocycles. The Labute approximate surface area is 148 Å². The zero-order chi connectivity index (χ0) is 18.0. The first-order valence-corrected chi connectivity index (χ1v) is 8.37. The largest absolute Gasteiger partial charge is 0.486 e. The molecule has 5 heteroatoms. The van der Waals surface area contributed by atoms with Crippen molar-refractivity contribution in [1.82, 2.24) is 0 Å². The van der Waals surface area contributed by atoms with Gasteiger partial charge < -0.3 is 19.7 Å². The van der Waals surface area contributed by atoms with Gasteiger partial charge in [-0.2, -0.15) is 0 Å². The predicted molar refractivity (Wildman–Crippen MR) is 99.9 cm³/mol. The first-order valence-electron chi connectivity index (χ1n) is 8.37. The Morgan fingerprint density at radius 3 is 2.28 bits per heavy atom. The SMILES string of the molecule is CN(C)c1ccc(NC(=O)C(C)(C)c2ccc3c(c2)OCCO3)cc1. The number of nitrogens with one attached hydrogen (secondary N) is 1. The van der Waals surface area contributed by atoms with Crippen LogP contribution in [0.25, 0.3) is 0 Å². The molecule has 1 aliphatic heterocycles. The van der Waals surface area contributed by atoms with Gasteiger partial charge in [0.2, 0.25) is 5.91 Å². The van der Waals surface area contributed by atoms with E-state index in [-0.39, 0.29) is 5.91 Å². The number of fused-ring (bicyclic) bond motifs is 1. The summed E-state index contributed by atoms with van der Waals surface area (Å²) in [5.74, 6) is 1.35. The van der Waals surface area contributed by atoms with E-state index >= 15 is 0 Å². The summed E-state index contributed by atoms with van der Waals surface area (Å²) in [7, 11) is 3.97. The summed E-state index contributed by atoms with van der Waals surface area (Å²) in [5.41, 5.74) is 2.06. The number of hydrogen-bond acceptors (Lipinski definition) is 4. The van der Waals surface area contributed by atoms with E-state index in [0.29, 0.717) is 19.0 Å². The van der Waals surface area contributed by atoms with Crippen molar-refractivity contribution >= 4 is 17.3 Å². The number of ether oxygens (including phenoxy) is 2. The molecule has 2 aromatic rings. The monoisotopic (exact) mass is 340 g/mol. The van der Waals surface area contributed by atoms with Crippen molar-refractivity contribution in [3.63, 3.8) is 0 Å². The van der Waals surface area contributed by atoms with E-state index < -0.39 is 5.41 Å². The van der Waals surface area contributed by atoms with Crippen LogP contribution >= 0.6 is 0 Å². The highest BCUT2D eigenvalue weighted by molar-refractivity contribution is 5.98. The average molecular weight is 340 g/mol. The van der Waals surface area contributed by atoms with Crippen molar-refractivity contribution in [2.24, 2.45) is 0 Å². The fourth-order valence-electron chi connectivity index (χ4n) is 2.69. The third-order valence-corrected chi connectivity index (χ3v) is 4.47. The highest BCUT2D eigenvalue weighted by atomic mass is 16.6. The zero-order valence-corrected chi connectivity index (χ0v) is 15.1. The van der Waals surface area contributed by atoms with Crippen LogP contribution in [0.1, 0.15) is 19.4 Å². The van der Waals surface area contributed by atoms with Crippen LogP contribution in [0.15, 0.2) is 42.5 Å². The van der Waals surface area contributed by atoms with Gasteiger partial charge in [-0.25, -0.2) is 0 Å². The van der Waals surface area contributed by atoms with Crippen LogP contribution in [0.5, 0.6) is 11.5 Å². The molecule has 2 aromatic carbocycles. The average Bonchev–Trinajstić information content (AvgIpc) is 2.61. The van der Waals surface area contributed by atoms with Gasteiger partial charge in [-0.05, 0) is 55.8 Å². The Morgan fingerprint density at radius 2 is 1.64 bits per heavy atom. The maximum atomic E-state index is 12.8. The summed E-state index contributed by atoms with van der Waals surface area (Å²) in [6, 6.07) is 13.5. The van der Waals surface area contributed by atoms with Crippen LogP contribution in [0.4, 0.5) is 11.4 Å². The molecule has 0 saturated carbocycles. The summed E-state index contributed by atoms with van der Waals surface area (Å²) >= 11 is 0. The van der Waals surface area contributed by atoms with Crippen molar-refractivity contribution < 1.29 is 14.3 Å². The van der Waals surface area contributed by atoms with E-state index in [0.717, 1.165) is 22.7 Å². The minimum absolute atomic E-state index is 0.0678. The Kier molecular flexibility index (Phi) is 4.57. The van der Waals surface area contributed by atoms with Crippen LogP contribution in [-0.4, -0.2) is 33.2 Å². The summed E-state index contributed by atoms with van der Waals surface area (Å²) in [4.78, 5) is 14.8. The van der Waals surface area contributed by atoms with Gasteiger partial charge in [0, 0.05) is 25.5 Å². The van der Waals surface area contributed by atoms with E-state index in [1.807, 2.05) is 75.3 Å². The normalized spacial score (nSPS) is 13.3. The second kappa shape index (κ2) is 6.67. The van der Waals surface area contributed by atoms with Crippen LogP contribution in [0.2, 0.25) is 0 Å². The van der Waals surface area contributed by atoms with Gasteiger partial charge in [0.25, 0.3) is 0 Å². The van der Waals surface area contributed by atoms with Crippen LogP contribution < -0.4 is 19.7 Å². The Bertz CT molecular complexity index is 767. The topological polar surface area (TPSA) is 50.8 Å². The Balaban J connectivity index is 1.78. The van der Waals surface area contributed by atoms with Crippen molar-refractivity contribution in [2.75, 3.05) is 37.5 Å². The molecule has 0 aromatic heterocycles. The highest BCUT2D eigenvalue weighted by Gasteiger charge is 2.31. The first kappa shape index (κ1) is 17.1. The molecular weight excluding hydrogens is 316 g/mol. The molecule has 25 heavy (non-hydrogen) atoms. The molecule has 0 unspecified atom stereocenters. The van der Waals surface area contributed by atoms with Gasteiger partial charge in [0.05, 0.1) is 5.41 Å². The quantitative estimate of drug-likeness (QED) is 0.926. The van der Waals surface area contributed by atoms with E-state index in [2.05, 4.69) is 5.32 Å². The lowest BCUT2D eigenvalue weighted by atomic mass is 9.83. The Hall–Kier alpha value is -2.69. The minimum Gasteiger partial charge on any atom is -0.486 e. The molecule has 132 valence electrons. The smallest absolute Gasteiger partial charge is 0.234 e. The van der Waals surface area contributed by atoms with E-state index in [4.69, 9.17) is 9.47 Å².